The monoisotopic (exact) mass is 939 g/mol. The highest BCUT2D eigenvalue weighted by molar-refractivity contribution is 5.70. The molecule has 0 saturated heterocycles. The van der Waals surface area contributed by atoms with Crippen LogP contribution in [0, 0.1) is 0 Å². The number of hydrogen-bond acceptors (Lipinski definition) is 5. The van der Waals surface area contributed by atoms with E-state index in [0.29, 0.717) is 19.4 Å². The minimum absolute atomic E-state index is 0.0387. The van der Waals surface area contributed by atoms with Crippen molar-refractivity contribution in [1.29, 1.82) is 0 Å². The molecule has 5 heteroatoms. The van der Waals surface area contributed by atoms with Crippen LogP contribution in [0.5, 0.6) is 0 Å². The Hall–Kier alpha value is -3.96. The zero-order valence-electron chi connectivity index (χ0n) is 44.1. The summed E-state index contributed by atoms with van der Waals surface area (Å²) in [5.74, 6) is -0.476. The van der Waals surface area contributed by atoms with E-state index in [4.69, 9.17) is 14.2 Å². The van der Waals surface area contributed by atoms with Crippen molar-refractivity contribution < 1.29 is 23.8 Å². The molecule has 0 heterocycles. The van der Waals surface area contributed by atoms with Gasteiger partial charge in [-0.15, -0.1) is 0 Å². The van der Waals surface area contributed by atoms with Crippen molar-refractivity contribution in [2.24, 2.45) is 0 Å². The predicted molar refractivity (Wildman–Crippen MR) is 297 cm³/mol. The Morgan fingerprint density at radius 2 is 0.662 bits per heavy atom. The van der Waals surface area contributed by atoms with Gasteiger partial charge in [-0.3, -0.25) is 9.59 Å². The fourth-order valence-electron chi connectivity index (χ4n) is 7.09. The maximum Gasteiger partial charge on any atom is 0.306 e. The van der Waals surface area contributed by atoms with Gasteiger partial charge in [0.05, 0.1) is 6.61 Å². The normalized spacial score (nSPS) is 13.3. The van der Waals surface area contributed by atoms with Crippen molar-refractivity contribution in [3.05, 3.63) is 134 Å². The molecule has 1 unspecified atom stereocenters. The molecule has 5 nitrogen and oxygen atoms in total. The Morgan fingerprint density at radius 1 is 0.338 bits per heavy atom. The standard InChI is InChI=1S/C63H102O5/c1-4-7-10-13-16-19-22-25-28-30-32-33-36-38-41-44-47-50-53-56-62(64)67-60-61(68-63(65)57-54-51-48-45-42-39-35-27-24-21-18-15-12-9-6-3)59-66-58-55-52-49-46-43-40-37-34-31-29-26-23-20-17-14-11-8-5-2/h7-8,10-11,16-17,19-20,25-29,32-35,37-38,41,43,46,61H,4-6,9,12-15,18,21-24,30-31,36,39-40,42,44-45,47-60H2,1-3H3/b10-7-,11-8-,19-16-,20-17-,28-25-,29-26-,33-32-,35-27-,37-34-,41-38-,46-43-. The molecule has 0 spiro atoms. The Balaban J connectivity index is 4.46. The maximum absolute atomic E-state index is 12.8. The van der Waals surface area contributed by atoms with Crippen LogP contribution in [0.25, 0.3) is 0 Å². The number of rotatable bonds is 49. The van der Waals surface area contributed by atoms with Crippen LogP contribution in [0.2, 0.25) is 0 Å². The lowest BCUT2D eigenvalue weighted by Gasteiger charge is -2.18. The van der Waals surface area contributed by atoms with Gasteiger partial charge in [0.15, 0.2) is 6.10 Å². The van der Waals surface area contributed by atoms with E-state index in [2.05, 4.69) is 154 Å². The number of esters is 2. The Morgan fingerprint density at radius 3 is 1.09 bits per heavy atom. The number of hydrogen-bond donors (Lipinski definition) is 0. The first-order valence-electron chi connectivity index (χ1n) is 27.7. The third kappa shape index (κ3) is 54.6. The van der Waals surface area contributed by atoms with Gasteiger partial charge in [-0.2, -0.15) is 0 Å². The zero-order valence-corrected chi connectivity index (χ0v) is 44.1. The van der Waals surface area contributed by atoms with Gasteiger partial charge in [0.25, 0.3) is 0 Å². The summed E-state index contributed by atoms with van der Waals surface area (Å²) in [4.78, 5) is 25.5. The van der Waals surface area contributed by atoms with E-state index in [0.717, 1.165) is 135 Å². The van der Waals surface area contributed by atoms with Crippen LogP contribution < -0.4 is 0 Å². The number of ether oxygens (including phenoxy) is 3. The molecule has 68 heavy (non-hydrogen) atoms. The van der Waals surface area contributed by atoms with Crippen LogP contribution in [0.4, 0.5) is 0 Å². The maximum atomic E-state index is 12.8. The summed E-state index contributed by atoms with van der Waals surface area (Å²) in [7, 11) is 0. The zero-order chi connectivity index (χ0) is 49.2. The van der Waals surface area contributed by atoms with Crippen LogP contribution >= 0.6 is 0 Å². The fraction of sp³-hybridized carbons (Fsp3) is 0.619. The van der Waals surface area contributed by atoms with Gasteiger partial charge in [-0.1, -0.05) is 212 Å². The van der Waals surface area contributed by atoms with Gasteiger partial charge in [-0.25, -0.2) is 0 Å². The summed E-state index contributed by atoms with van der Waals surface area (Å²) in [5.41, 5.74) is 0. The lowest BCUT2D eigenvalue weighted by molar-refractivity contribution is -0.163. The van der Waals surface area contributed by atoms with Gasteiger partial charge in [0, 0.05) is 19.4 Å². The topological polar surface area (TPSA) is 61.8 Å². The molecule has 1 atom stereocenters. The van der Waals surface area contributed by atoms with E-state index >= 15 is 0 Å². The highest BCUT2D eigenvalue weighted by atomic mass is 16.6. The molecule has 0 fully saturated rings. The quantitative estimate of drug-likeness (QED) is 0.0345. The average molecular weight is 940 g/mol. The molecule has 0 N–H and O–H groups in total. The minimum atomic E-state index is -0.587. The molecule has 0 bridgehead atoms. The van der Waals surface area contributed by atoms with Crippen molar-refractivity contribution in [1.82, 2.24) is 0 Å². The van der Waals surface area contributed by atoms with Crippen LogP contribution in [0.1, 0.15) is 226 Å². The molecule has 0 aromatic carbocycles. The lowest BCUT2D eigenvalue weighted by Crippen LogP contribution is -2.30. The molecular formula is C63H102O5. The van der Waals surface area contributed by atoms with Crippen LogP contribution in [0.15, 0.2) is 134 Å². The molecule has 0 amide bonds. The second-order valence-corrected chi connectivity index (χ2v) is 17.7. The Bertz CT molecular complexity index is 1430. The molecule has 0 rings (SSSR count). The van der Waals surface area contributed by atoms with Gasteiger partial charge in [-0.05, 0) is 135 Å². The molecular weight excluding hydrogens is 837 g/mol. The third-order valence-corrected chi connectivity index (χ3v) is 11.2. The van der Waals surface area contributed by atoms with Crippen molar-refractivity contribution in [3.63, 3.8) is 0 Å². The SMILES string of the molecule is CC/C=C\C/C=C\C/C=C\C/C=C\C/C=C\CCCCCC(=O)OCC(COCCCC/C=C\C/C=C\C/C=C\C/C=C\C/C=C\CC)OC(=O)CCCCCCC/C=C\CCCCCCCC. The molecule has 0 aliphatic carbocycles. The Labute approximate surface area is 419 Å². The van der Waals surface area contributed by atoms with Gasteiger partial charge in [0.2, 0.25) is 0 Å². The molecule has 0 aromatic heterocycles. The number of carbonyl (C=O) groups excluding carboxylic acids is 2. The second-order valence-electron chi connectivity index (χ2n) is 17.7. The molecule has 0 radical (unpaired) electrons. The summed E-state index contributed by atoms with van der Waals surface area (Å²) < 4.78 is 17.4. The molecule has 0 aliphatic rings. The van der Waals surface area contributed by atoms with Crippen molar-refractivity contribution in [2.75, 3.05) is 19.8 Å². The first-order valence-corrected chi connectivity index (χ1v) is 27.7. The van der Waals surface area contributed by atoms with E-state index in [1.807, 2.05) is 0 Å². The van der Waals surface area contributed by atoms with Crippen molar-refractivity contribution >= 4 is 11.9 Å². The second kappa shape index (κ2) is 57.4. The van der Waals surface area contributed by atoms with Gasteiger partial charge in [0.1, 0.15) is 6.61 Å². The summed E-state index contributed by atoms with van der Waals surface area (Å²) in [5, 5.41) is 0. The summed E-state index contributed by atoms with van der Waals surface area (Å²) >= 11 is 0. The summed E-state index contributed by atoms with van der Waals surface area (Å²) in [6.45, 7) is 7.44. The smallest absolute Gasteiger partial charge is 0.306 e. The molecule has 0 saturated carbocycles. The van der Waals surface area contributed by atoms with E-state index in [1.54, 1.807) is 0 Å². The van der Waals surface area contributed by atoms with E-state index in [9.17, 15) is 9.59 Å². The highest BCUT2D eigenvalue weighted by Crippen LogP contribution is 2.12. The molecule has 0 aliphatic heterocycles. The highest BCUT2D eigenvalue weighted by Gasteiger charge is 2.17. The summed E-state index contributed by atoms with van der Waals surface area (Å²) in [6.07, 6.45) is 81.8. The van der Waals surface area contributed by atoms with Gasteiger partial charge >= 0.3 is 11.9 Å². The van der Waals surface area contributed by atoms with Crippen LogP contribution in [0.3, 0.4) is 0 Å². The lowest BCUT2D eigenvalue weighted by atomic mass is 10.1. The molecule has 384 valence electrons. The molecule has 0 aromatic rings. The van der Waals surface area contributed by atoms with Crippen molar-refractivity contribution in [3.8, 4) is 0 Å². The average Bonchev–Trinajstić information content (AvgIpc) is 3.34. The van der Waals surface area contributed by atoms with E-state index < -0.39 is 6.10 Å². The van der Waals surface area contributed by atoms with Crippen LogP contribution in [-0.2, 0) is 23.8 Å². The number of unbranched alkanes of at least 4 members (excludes halogenated alkanes) is 16. The van der Waals surface area contributed by atoms with Crippen molar-refractivity contribution in [2.45, 2.75) is 232 Å². The fourth-order valence-corrected chi connectivity index (χ4v) is 7.09. The number of carbonyl (C=O) groups is 2. The van der Waals surface area contributed by atoms with Crippen LogP contribution in [-0.4, -0.2) is 37.9 Å². The number of allylic oxidation sites excluding steroid dienone is 22. The first-order chi connectivity index (χ1) is 33.6. The predicted octanol–water partition coefficient (Wildman–Crippen LogP) is 19.1. The van der Waals surface area contributed by atoms with E-state index in [-0.39, 0.29) is 25.2 Å². The van der Waals surface area contributed by atoms with E-state index in [1.165, 1.54) is 57.8 Å². The third-order valence-electron chi connectivity index (χ3n) is 11.2. The Kier molecular flexibility index (Phi) is 54.0. The van der Waals surface area contributed by atoms with Gasteiger partial charge < -0.3 is 14.2 Å². The minimum Gasteiger partial charge on any atom is -0.462 e. The first kappa shape index (κ1) is 64.0. The largest absolute Gasteiger partial charge is 0.462 e. The summed E-state index contributed by atoms with van der Waals surface area (Å²) in [6, 6.07) is 0.